The lowest BCUT2D eigenvalue weighted by Gasteiger charge is -2.48. The number of carbonyl (C=O) groups excluding carboxylic acids is 1. The van der Waals surface area contributed by atoms with Gasteiger partial charge in [0.2, 0.25) is 0 Å². The van der Waals surface area contributed by atoms with Crippen LogP contribution in [0.25, 0.3) is 0 Å². The summed E-state index contributed by atoms with van der Waals surface area (Å²) in [6.45, 7) is 3.58. The first-order valence-corrected chi connectivity index (χ1v) is 16.1. The number of hydrogen-bond acceptors (Lipinski definition) is 8. The number of halogens is 1. The van der Waals surface area contributed by atoms with Crippen LogP contribution in [0.3, 0.4) is 0 Å². The molecule has 3 fully saturated rings. The second-order valence-corrected chi connectivity index (χ2v) is 13.6. The highest BCUT2D eigenvalue weighted by molar-refractivity contribution is 7.84. The predicted molar refractivity (Wildman–Crippen MR) is 156 cm³/mol. The number of aromatic amines is 1. The molecule has 0 radical (unpaired) electrons. The van der Waals surface area contributed by atoms with Crippen LogP contribution in [0, 0.1) is 36.5 Å². The van der Waals surface area contributed by atoms with Gasteiger partial charge >= 0.3 is 16.1 Å². The van der Waals surface area contributed by atoms with Crippen molar-refractivity contribution < 1.29 is 26.5 Å². The van der Waals surface area contributed by atoms with Crippen molar-refractivity contribution >= 4 is 16.2 Å². The average Bonchev–Trinajstić information content (AvgIpc) is 3.49. The van der Waals surface area contributed by atoms with Crippen molar-refractivity contribution in [2.75, 3.05) is 13.2 Å². The van der Waals surface area contributed by atoms with Gasteiger partial charge in [-0.1, -0.05) is 22.8 Å². The molecule has 8 atom stereocenters. The van der Waals surface area contributed by atoms with Crippen molar-refractivity contribution in [3.63, 3.8) is 0 Å². The third-order valence-electron chi connectivity index (χ3n) is 10.00. The topological polar surface area (TPSA) is 129 Å². The summed E-state index contributed by atoms with van der Waals surface area (Å²) in [6.07, 6.45) is 10.0. The van der Waals surface area contributed by atoms with Crippen molar-refractivity contribution in [2.45, 2.75) is 83.1 Å². The molecular weight excluding hydrogens is 577 g/mol. The Hall–Kier alpha value is -3.27. The van der Waals surface area contributed by atoms with E-state index in [-0.39, 0.29) is 30.8 Å². The molecule has 12 heteroatoms. The van der Waals surface area contributed by atoms with Gasteiger partial charge in [0.25, 0.3) is 5.56 Å². The van der Waals surface area contributed by atoms with E-state index in [1.165, 1.54) is 16.3 Å². The number of H-pyrrole nitrogens is 1. The molecule has 10 nitrogen and oxygen atoms in total. The molecule has 0 bridgehead atoms. The highest BCUT2D eigenvalue weighted by Gasteiger charge is 2.54. The summed E-state index contributed by atoms with van der Waals surface area (Å²) in [5, 5.41) is 0. The number of nitrogens with zero attached hydrogens (tertiary/aromatic N) is 2. The summed E-state index contributed by atoms with van der Waals surface area (Å²) in [5.74, 6) is 4.05. The minimum Gasteiger partial charge on any atom is -0.373 e. The van der Waals surface area contributed by atoms with Crippen LogP contribution in [0.5, 0.6) is 5.75 Å². The van der Waals surface area contributed by atoms with E-state index in [9.17, 15) is 18.6 Å². The van der Waals surface area contributed by atoms with Gasteiger partial charge in [0, 0.05) is 30.0 Å². The molecule has 2 saturated carbocycles. The summed E-state index contributed by atoms with van der Waals surface area (Å²) >= 11 is 0. The molecule has 4 aliphatic rings. The van der Waals surface area contributed by atoms with E-state index in [1.54, 1.807) is 19.1 Å². The number of ketones is 1. The molecule has 6 rings (SSSR count). The Morgan fingerprint density at radius 1 is 1.26 bits per heavy atom. The fourth-order valence-electron chi connectivity index (χ4n) is 7.86. The van der Waals surface area contributed by atoms with Crippen LogP contribution in [0.1, 0.15) is 74.3 Å². The molecule has 2 aromatic rings. The minimum absolute atomic E-state index is 0.00438. The number of aromatic nitrogens is 2. The normalized spacial score (nSPS) is 32.7. The van der Waals surface area contributed by atoms with Gasteiger partial charge < -0.3 is 13.7 Å². The Morgan fingerprint density at radius 2 is 2.07 bits per heavy atom. The molecule has 2 heterocycles. The summed E-state index contributed by atoms with van der Waals surface area (Å²) in [5.41, 5.74) is 1.11. The van der Waals surface area contributed by atoms with E-state index in [4.69, 9.17) is 20.1 Å². The van der Waals surface area contributed by atoms with Crippen LogP contribution in [0.4, 0.5) is 3.89 Å². The minimum atomic E-state index is -4.67. The molecule has 43 heavy (non-hydrogen) atoms. The smallest absolute Gasteiger partial charge is 0.373 e. The number of nitrogens with one attached hydrogen (secondary N) is 1. The zero-order chi connectivity index (χ0) is 30.5. The molecule has 0 spiro atoms. The van der Waals surface area contributed by atoms with E-state index in [1.807, 2.05) is 6.07 Å². The standard InChI is InChI=1S/C31H36FN3O7S/c1-4-13-40-17-26-25(15-28(41-26)35-16-18(2)29(37)33-30(35)38)34-43(32,39)42-20-6-8-21-19(14-20)5-7-23-22(21)11-12-31(3)24(23)9-10-27(31)36/h1,6,8,14,16,22-26,28H,5,7,9-13,15,17H2,2-3H3,(H,33,37,38)/t22-,23-,24?,25?,26-,28-,31+,43?/m1/s1. The number of Topliss-reactive ketones (excluding diaryl/α,β-unsaturated/α-hetero) is 1. The van der Waals surface area contributed by atoms with Crippen molar-refractivity contribution in [3.05, 3.63) is 61.9 Å². The molecule has 3 unspecified atom stereocenters. The van der Waals surface area contributed by atoms with Crippen LogP contribution < -0.4 is 15.4 Å². The Labute approximate surface area is 250 Å². The van der Waals surface area contributed by atoms with Crippen molar-refractivity contribution in [3.8, 4) is 18.1 Å². The number of rotatable bonds is 7. The summed E-state index contributed by atoms with van der Waals surface area (Å²) in [6, 6.07) is 4.33. The quantitative estimate of drug-likeness (QED) is 0.285. The zero-order valence-electron chi connectivity index (χ0n) is 24.3. The number of aryl methyl sites for hydroxylation is 2. The number of terminal acetylenes is 1. The fourth-order valence-corrected chi connectivity index (χ4v) is 8.79. The van der Waals surface area contributed by atoms with Gasteiger partial charge in [0.1, 0.15) is 30.5 Å². The van der Waals surface area contributed by atoms with Gasteiger partial charge in [-0.3, -0.25) is 19.1 Å². The second-order valence-electron chi connectivity index (χ2n) is 12.4. The molecule has 1 saturated heterocycles. The van der Waals surface area contributed by atoms with Crippen LogP contribution >= 0.6 is 0 Å². The number of ether oxygens (including phenoxy) is 2. The number of hydrogen-bond donors (Lipinski definition) is 1. The van der Waals surface area contributed by atoms with E-state index >= 15 is 3.89 Å². The third kappa shape index (κ3) is 5.58. The Morgan fingerprint density at radius 3 is 2.86 bits per heavy atom. The van der Waals surface area contributed by atoms with Gasteiger partial charge in [0.05, 0.1) is 12.6 Å². The molecule has 3 aliphatic carbocycles. The van der Waals surface area contributed by atoms with E-state index in [0.29, 0.717) is 35.5 Å². The van der Waals surface area contributed by atoms with Crippen LogP contribution in [0.15, 0.2) is 38.3 Å². The molecule has 1 aromatic heterocycles. The summed E-state index contributed by atoms with van der Waals surface area (Å²) < 4.78 is 50.3. The molecule has 1 N–H and O–H groups in total. The highest BCUT2D eigenvalue weighted by atomic mass is 32.3. The molecular formula is C31H36FN3O7S. The van der Waals surface area contributed by atoms with Gasteiger partial charge in [-0.05, 0) is 80.0 Å². The number of carbonyl (C=O) groups is 1. The largest absolute Gasteiger partial charge is 0.377 e. The molecule has 1 aromatic carbocycles. The SMILES string of the molecule is C#CCOC[C@H]1O[C@@H](n2cc(C)c(=O)[nH]c2=O)CC1N=S(=O)(F)Oc1ccc2c(c1)CC[C@H]1C3CCC(=O)[C@@]3(C)CC[C@H]21. The van der Waals surface area contributed by atoms with Crippen LogP contribution in [-0.2, 0) is 31.1 Å². The van der Waals surface area contributed by atoms with E-state index in [0.717, 1.165) is 37.7 Å². The number of benzene rings is 1. The summed E-state index contributed by atoms with van der Waals surface area (Å²) in [7, 11) is -4.67. The van der Waals surface area contributed by atoms with Crippen molar-refractivity contribution in [2.24, 2.45) is 21.6 Å². The Balaban J connectivity index is 1.21. The first-order valence-electron chi connectivity index (χ1n) is 14.8. The molecule has 1 aliphatic heterocycles. The lowest BCUT2D eigenvalue weighted by Crippen LogP contribution is -2.42. The van der Waals surface area contributed by atoms with Gasteiger partial charge in [-0.2, -0.15) is 8.57 Å². The second kappa shape index (κ2) is 11.3. The van der Waals surface area contributed by atoms with Crippen LogP contribution in [-0.4, -0.2) is 44.9 Å². The third-order valence-corrected chi connectivity index (χ3v) is 10.9. The van der Waals surface area contributed by atoms with E-state index in [2.05, 4.69) is 22.2 Å². The predicted octanol–water partition coefficient (Wildman–Crippen LogP) is 3.92. The van der Waals surface area contributed by atoms with Gasteiger partial charge in [-0.15, -0.1) is 6.42 Å². The first-order chi connectivity index (χ1) is 20.5. The lowest BCUT2D eigenvalue weighted by molar-refractivity contribution is -0.129. The highest BCUT2D eigenvalue weighted by Crippen LogP contribution is 2.59. The maximum atomic E-state index is 15.5. The molecule has 0 amide bonds. The maximum Gasteiger partial charge on any atom is 0.377 e. The molecule has 230 valence electrons. The van der Waals surface area contributed by atoms with Crippen molar-refractivity contribution in [1.29, 1.82) is 0 Å². The fraction of sp³-hybridized carbons (Fsp3) is 0.581. The zero-order valence-corrected chi connectivity index (χ0v) is 25.1. The maximum absolute atomic E-state index is 15.5. The number of fused-ring (bicyclic) bond motifs is 5. The lowest BCUT2D eigenvalue weighted by atomic mass is 9.55. The van der Waals surface area contributed by atoms with E-state index < -0.39 is 40.0 Å². The van der Waals surface area contributed by atoms with Gasteiger partial charge in [-0.25, -0.2) is 4.79 Å². The van der Waals surface area contributed by atoms with Crippen LogP contribution in [0.2, 0.25) is 0 Å². The average molecular weight is 614 g/mol. The van der Waals surface area contributed by atoms with Crippen molar-refractivity contribution in [1.82, 2.24) is 9.55 Å². The first kappa shape index (κ1) is 29.8. The Kier molecular flexibility index (Phi) is 7.85. The summed E-state index contributed by atoms with van der Waals surface area (Å²) in [4.78, 5) is 39.1. The Bertz CT molecular complexity index is 1720. The monoisotopic (exact) mass is 613 g/mol. The van der Waals surface area contributed by atoms with Gasteiger partial charge in [0.15, 0.2) is 0 Å².